The zero-order valence-corrected chi connectivity index (χ0v) is 8.25. The van der Waals surface area contributed by atoms with E-state index >= 15 is 0 Å². The molecule has 2 aliphatic heterocycles. The second-order valence-electron chi connectivity index (χ2n) is 3.89. The molecule has 0 aliphatic carbocycles. The van der Waals surface area contributed by atoms with Gasteiger partial charge in [-0.25, -0.2) is 4.39 Å². The van der Waals surface area contributed by atoms with Crippen LogP contribution in [0.15, 0.2) is 12.1 Å². The van der Waals surface area contributed by atoms with Gasteiger partial charge >= 0.3 is 0 Å². The Morgan fingerprint density at radius 2 is 2.13 bits per heavy atom. The van der Waals surface area contributed by atoms with E-state index in [1.54, 1.807) is 6.07 Å². The molecule has 15 heavy (non-hydrogen) atoms. The van der Waals surface area contributed by atoms with E-state index in [0.29, 0.717) is 11.7 Å². The van der Waals surface area contributed by atoms with E-state index < -0.39 is 0 Å². The van der Waals surface area contributed by atoms with Crippen molar-refractivity contribution in [3.63, 3.8) is 0 Å². The second kappa shape index (κ2) is 3.38. The molecule has 1 fully saturated rings. The zero-order valence-electron chi connectivity index (χ0n) is 8.25. The monoisotopic (exact) mass is 209 g/mol. The standard InChI is InChI=1S/C11H12FNO2/c12-9-2-1-8(7-3-4-13-5-7)10-11(9)15-6-14-10/h1-2,7,13H,3-6H2. The van der Waals surface area contributed by atoms with Crippen molar-refractivity contribution in [1.29, 1.82) is 0 Å². The van der Waals surface area contributed by atoms with Gasteiger partial charge in [-0.2, -0.15) is 0 Å². The van der Waals surface area contributed by atoms with E-state index in [2.05, 4.69) is 5.32 Å². The molecular weight excluding hydrogens is 197 g/mol. The molecule has 3 rings (SSSR count). The van der Waals surface area contributed by atoms with E-state index in [1.165, 1.54) is 6.07 Å². The molecule has 1 aromatic carbocycles. The SMILES string of the molecule is Fc1ccc(C2CCNC2)c2c1OCO2. The molecule has 1 atom stereocenters. The summed E-state index contributed by atoms with van der Waals surface area (Å²) in [5.74, 6) is 0.960. The number of hydrogen-bond acceptors (Lipinski definition) is 3. The van der Waals surface area contributed by atoms with E-state index in [1.807, 2.05) is 0 Å². The van der Waals surface area contributed by atoms with Gasteiger partial charge in [0.25, 0.3) is 0 Å². The van der Waals surface area contributed by atoms with Crippen LogP contribution in [0.2, 0.25) is 0 Å². The van der Waals surface area contributed by atoms with Crippen molar-refractivity contribution < 1.29 is 13.9 Å². The fourth-order valence-electron chi connectivity index (χ4n) is 2.23. The average Bonchev–Trinajstić information content (AvgIpc) is 2.88. The van der Waals surface area contributed by atoms with Crippen LogP contribution in [0.5, 0.6) is 11.5 Å². The minimum atomic E-state index is -0.336. The Hall–Kier alpha value is -1.29. The first-order chi connectivity index (χ1) is 7.36. The highest BCUT2D eigenvalue weighted by Gasteiger charge is 2.27. The van der Waals surface area contributed by atoms with E-state index in [0.717, 1.165) is 25.1 Å². The van der Waals surface area contributed by atoms with Gasteiger partial charge in [0.1, 0.15) is 0 Å². The summed E-state index contributed by atoms with van der Waals surface area (Å²) in [6.07, 6.45) is 1.07. The van der Waals surface area contributed by atoms with Crippen LogP contribution < -0.4 is 14.8 Å². The van der Waals surface area contributed by atoms with Crippen molar-refractivity contribution in [1.82, 2.24) is 5.32 Å². The largest absolute Gasteiger partial charge is 0.453 e. The molecule has 0 amide bonds. The lowest BCUT2D eigenvalue weighted by Crippen LogP contribution is -2.08. The van der Waals surface area contributed by atoms with Gasteiger partial charge in [0.2, 0.25) is 12.5 Å². The van der Waals surface area contributed by atoms with E-state index in [4.69, 9.17) is 9.47 Å². The van der Waals surface area contributed by atoms with Crippen molar-refractivity contribution in [3.05, 3.63) is 23.5 Å². The highest BCUT2D eigenvalue weighted by Crippen LogP contribution is 2.42. The number of halogens is 1. The maximum atomic E-state index is 13.3. The Bertz CT molecular complexity index is 388. The first kappa shape index (κ1) is 8.97. The van der Waals surface area contributed by atoms with Crippen molar-refractivity contribution in [3.8, 4) is 11.5 Å². The summed E-state index contributed by atoms with van der Waals surface area (Å²) >= 11 is 0. The summed E-state index contributed by atoms with van der Waals surface area (Å²) in [4.78, 5) is 0. The average molecular weight is 209 g/mol. The van der Waals surface area contributed by atoms with Gasteiger partial charge in [-0.15, -0.1) is 0 Å². The van der Waals surface area contributed by atoms with E-state index in [-0.39, 0.29) is 18.4 Å². The molecule has 3 nitrogen and oxygen atoms in total. The lowest BCUT2D eigenvalue weighted by atomic mass is 9.97. The quantitative estimate of drug-likeness (QED) is 0.762. The van der Waals surface area contributed by atoms with Crippen molar-refractivity contribution in [2.75, 3.05) is 19.9 Å². The Morgan fingerprint density at radius 3 is 2.93 bits per heavy atom. The molecule has 2 aliphatic rings. The fourth-order valence-corrected chi connectivity index (χ4v) is 2.23. The number of nitrogens with one attached hydrogen (secondary N) is 1. The van der Waals surface area contributed by atoms with Crippen molar-refractivity contribution >= 4 is 0 Å². The molecule has 0 bridgehead atoms. The van der Waals surface area contributed by atoms with Crippen LogP contribution in [0, 0.1) is 5.82 Å². The number of benzene rings is 1. The number of fused-ring (bicyclic) bond motifs is 1. The van der Waals surface area contributed by atoms with Gasteiger partial charge in [0, 0.05) is 18.0 Å². The third kappa shape index (κ3) is 1.36. The molecule has 1 unspecified atom stereocenters. The van der Waals surface area contributed by atoms with Gasteiger partial charge < -0.3 is 14.8 Å². The molecule has 1 saturated heterocycles. The van der Waals surface area contributed by atoms with Crippen LogP contribution in [0.3, 0.4) is 0 Å². The predicted octanol–water partition coefficient (Wildman–Crippen LogP) is 1.63. The minimum absolute atomic E-state index is 0.128. The van der Waals surface area contributed by atoms with Gasteiger partial charge in [-0.3, -0.25) is 0 Å². The lowest BCUT2D eigenvalue weighted by molar-refractivity contribution is 0.170. The highest BCUT2D eigenvalue weighted by atomic mass is 19.1. The molecule has 0 aromatic heterocycles. The Balaban J connectivity index is 2.04. The van der Waals surface area contributed by atoms with Crippen molar-refractivity contribution in [2.45, 2.75) is 12.3 Å². The maximum absolute atomic E-state index is 13.3. The lowest BCUT2D eigenvalue weighted by Gasteiger charge is -2.11. The summed E-state index contributed by atoms with van der Waals surface area (Å²) in [5.41, 5.74) is 1.06. The summed E-state index contributed by atoms with van der Waals surface area (Å²) in [7, 11) is 0. The Kier molecular flexibility index (Phi) is 2.02. The molecule has 2 heterocycles. The third-order valence-corrected chi connectivity index (χ3v) is 3.00. The minimum Gasteiger partial charge on any atom is -0.453 e. The third-order valence-electron chi connectivity index (χ3n) is 3.00. The first-order valence-corrected chi connectivity index (χ1v) is 5.15. The number of ether oxygens (including phenoxy) is 2. The molecule has 0 spiro atoms. The van der Waals surface area contributed by atoms with Gasteiger partial charge in [-0.1, -0.05) is 6.07 Å². The zero-order chi connectivity index (χ0) is 10.3. The van der Waals surface area contributed by atoms with Gasteiger partial charge in [-0.05, 0) is 19.0 Å². The summed E-state index contributed by atoms with van der Waals surface area (Å²) < 4.78 is 23.8. The van der Waals surface area contributed by atoms with E-state index in [9.17, 15) is 4.39 Å². The molecule has 1 N–H and O–H groups in total. The smallest absolute Gasteiger partial charge is 0.231 e. The van der Waals surface area contributed by atoms with Crippen LogP contribution in [0.1, 0.15) is 17.9 Å². The normalized spacial score (nSPS) is 23.4. The molecule has 80 valence electrons. The van der Waals surface area contributed by atoms with Crippen molar-refractivity contribution in [2.24, 2.45) is 0 Å². The molecular formula is C11H12FNO2. The van der Waals surface area contributed by atoms with Gasteiger partial charge in [0.15, 0.2) is 11.6 Å². The highest BCUT2D eigenvalue weighted by molar-refractivity contribution is 5.51. The van der Waals surface area contributed by atoms with Crippen LogP contribution in [0.4, 0.5) is 4.39 Å². The van der Waals surface area contributed by atoms with Crippen LogP contribution >= 0.6 is 0 Å². The molecule has 0 saturated carbocycles. The van der Waals surface area contributed by atoms with Gasteiger partial charge in [0.05, 0.1) is 0 Å². The maximum Gasteiger partial charge on any atom is 0.231 e. The van der Waals surface area contributed by atoms with Crippen LogP contribution in [-0.4, -0.2) is 19.9 Å². The summed E-state index contributed by atoms with van der Waals surface area (Å²) in [6, 6.07) is 3.27. The molecule has 1 aromatic rings. The second-order valence-corrected chi connectivity index (χ2v) is 3.89. The Morgan fingerprint density at radius 1 is 1.27 bits per heavy atom. The fraction of sp³-hybridized carbons (Fsp3) is 0.455. The molecule has 0 radical (unpaired) electrons. The van der Waals surface area contributed by atoms with Crippen LogP contribution in [0.25, 0.3) is 0 Å². The summed E-state index contributed by atoms with van der Waals surface area (Å²) in [5, 5.41) is 3.29. The predicted molar refractivity (Wildman–Crippen MR) is 52.8 cm³/mol. The molecule has 4 heteroatoms. The Labute approximate surface area is 87.2 Å². The first-order valence-electron chi connectivity index (χ1n) is 5.15. The van der Waals surface area contributed by atoms with Crippen LogP contribution in [-0.2, 0) is 0 Å². The number of rotatable bonds is 1. The topological polar surface area (TPSA) is 30.5 Å². The number of hydrogen-bond donors (Lipinski definition) is 1. The summed E-state index contributed by atoms with van der Waals surface area (Å²) in [6.45, 7) is 2.07.